The first-order valence-corrected chi connectivity index (χ1v) is 4.29. The van der Waals surface area contributed by atoms with Crippen LogP contribution in [0.3, 0.4) is 0 Å². The molecule has 72 valence electrons. The van der Waals surface area contributed by atoms with Crippen LogP contribution in [-0.4, -0.2) is 23.5 Å². The van der Waals surface area contributed by atoms with Gasteiger partial charge in [0.1, 0.15) is 11.3 Å². The second-order valence-electron chi connectivity index (χ2n) is 2.92. The van der Waals surface area contributed by atoms with E-state index in [1.54, 1.807) is 0 Å². The van der Waals surface area contributed by atoms with Crippen molar-refractivity contribution in [2.24, 2.45) is 0 Å². The summed E-state index contributed by atoms with van der Waals surface area (Å²) in [4.78, 5) is 22.0. The fourth-order valence-electron chi connectivity index (χ4n) is 1.14. The summed E-state index contributed by atoms with van der Waals surface area (Å²) in [6, 6.07) is 0. The summed E-state index contributed by atoms with van der Waals surface area (Å²) in [6.07, 6.45) is 2.03. The van der Waals surface area contributed by atoms with Crippen molar-refractivity contribution in [3.05, 3.63) is 11.3 Å². The third-order valence-electron chi connectivity index (χ3n) is 1.87. The summed E-state index contributed by atoms with van der Waals surface area (Å²) < 4.78 is 4.47. The lowest BCUT2D eigenvalue weighted by atomic mass is 10.1. The van der Waals surface area contributed by atoms with Crippen molar-refractivity contribution in [3.8, 4) is 0 Å². The van der Waals surface area contributed by atoms with Crippen LogP contribution in [0.5, 0.6) is 0 Å². The maximum atomic E-state index is 11.0. The first kappa shape index (κ1) is 9.77. The number of aliphatic hydroxyl groups is 1. The van der Waals surface area contributed by atoms with E-state index >= 15 is 0 Å². The number of esters is 1. The highest BCUT2D eigenvalue weighted by Gasteiger charge is 2.31. The third-order valence-corrected chi connectivity index (χ3v) is 1.87. The molecule has 0 spiro atoms. The number of ether oxygens (including phenoxy) is 1. The zero-order valence-corrected chi connectivity index (χ0v) is 7.50. The number of ketones is 1. The number of cyclic esters (lactones) is 1. The van der Waals surface area contributed by atoms with Crippen molar-refractivity contribution in [2.45, 2.75) is 26.2 Å². The molecule has 4 heteroatoms. The van der Waals surface area contributed by atoms with E-state index in [0.717, 1.165) is 12.8 Å². The Balaban J connectivity index is 2.75. The number of allylic oxidation sites excluding steroid dienone is 1. The quantitative estimate of drug-likeness (QED) is 0.309. The van der Waals surface area contributed by atoms with Gasteiger partial charge in [-0.05, 0) is 6.42 Å². The van der Waals surface area contributed by atoms with E-state index in [1.165, 1.54) is 0 Å². The molecule has 4 nitrogen and oxygen atoms in total. The summed E-state index contributed by atoms with van der Waals surface area (Å²) >= 11 is 0. The molecule has 1 fully saturated rings. The molecule has 0 unspecified atom stereocenters. The lowest BCUT2D eigenvalue weighted by Gasteiger charge is -1.98. The molecule has 0 saturated carbocycles. The minimum absolute atomic E-state index is 0.130. The Morgan fingerprint density at radius 1 is 1.54 bits per heavy atom. The van der Waals surface area contributed by atoms with Crippen LogP contribution in [0.25, 0.3) is 0 Å². The van der Waals surface area contributed by atoms with Crippen LogP contribution in [0.15, 0.2) is 11.3 Å². The number of carbonyl (C=O) groups is 2. The largest absolute Gasteiger partial charge is 0.511 e. The van der Waals surface area contributed by atoms with Gasteiger partial charge in [-0.15, -0.1) is 0 Å². The summed E-state index contributed by atoms with van der Waals surface area (Å²) in [5.41, 5.74) is -0.159. The molecular weight excluding hydrogens is 172 g/mol. The molecular formula is C9H12O4. The Kier molecular flexibility index (Phi) is 3.06. The molecule has 0 aromatic carbocycles. The van der Waals surface area contributed by atoms with Gasteiger partial charge < -0.3 is 9.84 Å². The smallest absolute Gasteiger partial charge is 0.345 e. The molecule has 1 rings (SSSR count). The predicted molar refractivity (Wildman–Crippen MR) is 45.1 cm³/mol. The average Bonchev–Trinajstić information content (AvgIpc) is 2.42. The van der Waals surface area contributed by atoms with E-state index in [-0.39, 0.29) is 17.9 Å². The lowest BCUT2D eigenvalue weighted by molar-refractivity contribution is -0.135. The number of rotatable bonds is 3. The zero-order valence-electron chi connectivity index (χ0n) is 7.50. The minimum atomic E-state index is -0.696. The summed E-state index contributed by atoms with van der Waals surface area (Å²) in [6.45, 7) is 1.73. The van der Waals surface area contributed by atoms with Gasteiger partial charge in [0, 0.05) is 6.42 Å². The van der Waals surface area contributed by atoms with Crippen molar-refractivity contribution in [1.29, 1.82) is 0 Å². The van der Waals surface area contributed by atoms with E-state index in [4.69, 9.17) is 0 Å². The molecule has 1 heterocycles. The van der Waals surface area contributed by atoms with E-state index in [2.05, 4.69) is 4.74 Å². The van der Waals surface area contributed by atoms with Crippen LogP contribution in [-0.2, 0) is 14.3 Å². The number of Topliss-reactive ketones (excluding diaryl/α,β-unsaturated/α-hetero) is 1. The molecule has 1 N–H and O–H groups in total. The Bertz CT molecular complexity index is 247. The molecule has 1 aliphatic rings. The highest BCUT2D eigenvalue weighted by molar-refractivity contribution is 6.22. The van der Waals surface area contributed by atoms with Crippen molar-refractivity contribution < 1.29 is 19.4 Å². The van der Waals surface area contributed by atoms with Gasteiger partial charge in [0.2, 0.25) is 5.78 Å². The van der Waals surface area contributed by atoms with Gasteiger partial charge >= 0.3 is 5.97 Å². The average molecular weight is 184 g/mol. The number of hydrogen-bond donors (Lipinski definition) is 1. The summed E-state index contributed by atoms with van der Waals surface area (Å²) in [5.74, 6) is -1.24. The SMILES string of the molecule is CCCC/C(O)=C1/C(=O)COC1=O. The maximum absolute atomic E-state index is 11.0. The molecule has 0 bridgehead atoms. The highest BCUT2D eigenvalue weighted by Crippen LogP contribution is 2.16. The number of aliphatic hydroxyl groups excluding tert-OH is 1. The van der Waals surface area contributed by atoms with E-state index in [9.17, 15) is 14.7 Å². The Labute approximate surface area is 76.2 Å². The molecule has 0 aromatic rings. The van der Waals surface area contributed by atoms with E-state index < -0.39 is 11.8 Å². The fourth-order valence-corrected chi connectivity index (χ4v) is 1.14. The minimum Gasteiger partial charge on any atom is -0.511 e. The monoisotopic (exact) mass is 184 g/mol. The van der Waals surface area contributed by atoms with Gasteiger partial charge in [0.15, 0.2) is 6.61 Å². The van der Waals surface area contributed by atoms with Gasteiger partial charge in [0.25, 0.3) is 0 Å². The molecule has 0 atom stereocenters. The van der Waals surface area contributed by atoms with E-state index in [0.29, 0.717) is 6.42 Å². The second kappa shape index (κ2) is 4.07. The van der Waals surface area contributed by atoms with Gasteiger partial charge in [-0.2, -0.15) is 0 Å². The molecule has 1 aliphatic heterocycles. The Morgan fingerprint density at radius 2 is 2.23 bits per heavy atom. The number of carbonyl (C=O) groups excluding carboxylic acids is 2. The van der Waals surface area contributed by atoms with E-state index in [1.807, 2.05) is 6.92 Å². The van der Waals surface area contributed by atoms with Crippen LogP contribution >= 0.6 is 0 Å². The second-order valence-corrected chi connectivity index (χ2v) is 2.92. The first-order chi connectivity index (χ1) is 6.16. The van der Waals surface area contributed by atoms with Gasteiger partial charge in [-0.3, -0.25) is 4.79 Å². The van der Waals surface area contributed by atoms with Gasteiger partial charge in [0.05, 0.1) is 0 Å². The Morgan fingerprint density at radius 3 is 2.69 bits per heavy atom. The van der Waals surface area contributed by atoms with Crippen LogP contribution in [0.1, 0.15) is 26.2 Å². The van der Waals surface area contributed by atoms with Crippen molar-refractivity contribution >= 4 is 11.8 Å². The van der Waals surface area contributed by atoms with Crippen LogP contribution in [0.4, 0.5) is 0 Å². The first-order valence-electron chi connectivity index (χ1n) is 4.29. The van der Waals surface area contributed by atoms with Crippen LogP contribution < -0.4 is 0 Å². The standard InChI is InChI=1S/C9H12O4/c1-2-3-4-6(10)8-7(11)5-13-9(8)12/h10H,2-5H2,1H3/b8-6+. The normalized spacial score (nSPS) is 20.4. The fraction of sp³-hybridized carbons (Fsp3) is 0.556. The number of hydrogen-bond acceptors (Lipinski definition) is 4. The third kappa shape index (κ3) is 2.08. The topological polar surface area (TPSA) is 63.6 Å². The Hall–Kier alpha value is -1.32. The molecule has 0 amide bonds. The lowest BCUT2D eigenvalue weighted by Crippen LogP contribution is -2.05. The molecule has 0 aliphatic carbocycles. The van der Waals surface area contributed by atoms with Gasteiger partial charge in [-0.1, -0.05) is 13.3 Å². The van der Waals surface area contributed by atoms with Crippen LogP contribution in [0.2, 0.25) is 0 Å². The molecule has 13 heavy (non-hydrogen) atoms. The molecule has 1 saturated heterocycles. The van der Waals surface area contributed by atoms with Crippen molar-refractivity contribution in [2.75, 3.05) is 6.61 Å². The highest BCUT2D eigenvalue weighted by atomic mass is 16.5. The molecule has 0 radical (unpaired) electrons. The summed E-state index contributed by atoms with van der Waals surface area (Å²) in [7, 11) is 0. The maximum Gasteiger partial charge on any atom is 0.345 e. The number of unbranched alkanes of at least 4 members (excludes halogenated alkanes) is 1. The van der Waals surface area contributed by atoms with Crippen LogP contribution in [0, 0.1) is 0 Å². The zero-order chi connectivity index (χ0) is 9.84. The predicted octanol–water partition coefficient (Wildman–Crippen LogP) is 1.11. The summed E-state index contributed by atoms with van der Waals surface area (Å²) in [5, 5.41) is 9.38. The van der Waals surface area contributed by atoms with Crippen molar-refractivity contribution in [3.63, 3.8) is 0 Å². The van der Waals surface area contributed by atoms with Crippen molar-refractivity contribution in [1.82, 2.24) is 0 Å². The molecule has 0 aromatic heterocycles. The van der Waals surface area contributed by atoms with Gasteiger partial charge in [-0.25, -0.2) is 4.79 Å².